The number of carbonyl (C=O) groups excluding carboxylic acids is 1. The maximum Gasteiger partial charge on any atom is 0.307 e. The fraction of sp³-hybridized carbons (Fsp3) is 0.235. The fourth-order valence-electron chi connectivity index (χ4n) is 2.69. The Hall–Kier alpha value is -1.89. The third kappa shape index (κ3) is 4.03. The van der Waals surface area contributed by atoms with Crippen LogP contribution in [0, 0.1) is 11.8 Å². The number of aliphatic carboxylic acids is 1. The number of benzene rings is 1. The van der Waals surface area contributed by atoms with Crippen LogP contribution in [0.2, 0.25) is 10.0 Å². The van der Waals surface area contributed by atoms with Crippen molar-refractivity contribution in [3.05, 3.63) is 45.8 Å². The molecule has 1 aromatic heterocycles. The SMILES string of the molecule is O=C(O)C1CC=CCC1C(=O)Nc1nc(-c2ccc(Cl)c(Cl)c2)cs1. The first-order valence-corrected chi connectivity index (χ1v) is 9.19. The Balaban J connectivity index is 1.74. The molecule has 0 fully saturated rings. The van der Waals surface area contributed by atoms with Crippen molar-refractivity contribution in [1.82, 2.24) is 4.98 Å². The highest BCUT2D eigenvalue weighted by Gasteiger charge is 2.34. The highest BCUT2D eigenvalue weighted by molar-refractivity contribution is 7.14. The lowest BCUT2D eigenvalue weighted by Crippen LogP contribution is -2.34. The topological polar surface area (TPSA) is 79.3 Å². The number of carbonyl (C=O) groups is 2. The number of rotatable bonds is 4. The number of hydrogen-bond donors (Lipinski definition) is 2. The van der Waals surface area contributed by atoms with E-state index in [-0.39, 0.29) is 5.91 Å². The highest BCUT2D eigenvalue weighted by atomic mass is 35.5. The Morgan fingerprint density at radius 3 is 2.56 bits per heavy atom. The summed E-state index contributed by atoms with van der Waals surface area (Å²) in [5.74, 6) is -2.59. The molecule has 8 heteroatoms. The summed E-state index contributed by atoms with van der Waals surface area (Å²) in [6, 6.07) is 5.18. The molecule has 25 heavy (non-hydrogen) atoms. The van der Waals surface area contributed by atoms with E-state index in [4.69, 9.17) is 23.2 Å². The summed E-state index contributed by atoms with van der Waals surface area (Å²) in [5, 5.41) is 15.1. The van der Waals surface area contributed by atoms with Crippen molar-refractivity contribution in [2.24, 2.45) is 11.8 Å². The van der Waals surface area contributed by atoms with Gasteiger partial charge in [-0.1, -0.05) is 41.4 Å². The van der Waals surface area contributed by atoms with Gasteiger partial charge in [-0.3, -0.25) is 9.59 Å². The summed E-state index contributed by atoms with van der Waals surface area (Å²) in [4.78, 5) is 28.1. The van der Waals surface area contributed by atoms with Crippen LogP contribution in [0.15, 0.2) is 35.7 Å². The van der Waals surface area contributed by atoms with E-state index in [9.17, 15) is 14.7 Å². The van der Waals surface area contributed by atoms with E-state index in [1.54, 1.807) is 29.7 Å². The van der Waals surface area contributed by atoms with E-state index in [0.717, 1.165) is 5.56 Å². The molecule has 130 valence electrons. The van der Waals surface area contributed by atoms with Gasteiger partial charge in [-0.25, -0.2) is 4.98 Å². The first kappa shape index (κ1) is 17.9. The van der Waals surface area contributed by atoms with Crippen molar-refractivity contribution >= 4 is 51.5 Å². The van der Waals surface area contributed by atoms with Crippen molar-refractivity contribution in [3.63, 3.8) is 0 Å². The summed E-state index contributed by atoms with van der Waals surface area (Å²) in [6.45, 7) is 0. The van der Waals surface area contributed by atoms with Gasteiger partial charge in [0.1, 0.15) is 0 Å². The summed E-state index contributed by atoms with van der Waals surface area (Å²) < 4.78 is 0. The van der Waals surface area contributed by atoms with Gasteiger partial charge in [0.15, 0.2) is 5.13 Å². The molecule has 5 nitrogen and oxygen atoms in total. The zero-order valence-corrected chi connectivity index (χ0v) is 15.2. The number of nitrogens with zero attached hydrogens (tertiary/aromatic N) is 1. The number of carboxylic acids is 1. The smallest absolute Gasteiger partial charge is 0.307 e. The molecule has 2 unspecified atom stereocenters. The molecule has 2 N–H and O–H groups in total. The van der Waals surface area contributed by atoms with Gasteiger partial charge in [-0.2, -0.15) is 0 Å². The Morgan fingerprint density at radius 1 is 1.16 bits per heavy atom. The van der Waals surface area contributed by atoms with E-state index in [1.807, 2.05) is 6.08 Å². The van der Waals surface area contributed by atoms with Crippen molar-refractivity contribution in [3.8, 4) is 11.3 Å². The van der Waals surface area contributed by atoms with Crippen LogP contribution in [-0.2, 0) is 9.59 Å². The van der Waals surface area contributed by atoms with Crippen LogP contribution < -0.4 is 5.32 Å². The quantitative estimate of drug-likeness (QED) is 0.732. The number of aromatic nitrogens is 1. The maximum absolute atomic E-state index is 12.4. The minimum Gasteiger partial charge on any atom is -0.481 e. The van der Waals surface area contributed by atoms with Gasteiger partial charge in [0.05, 0.1) is 27.6 Å². The van der Waals surface area contributed by atoms with Gasteiger partial charge in [0, 0.05) is 10.9 Å². The molecule has 1 amide bonds. The lowest BCUT2D eigenvalue weighted by molar-refractivity contribution is -0.146. The largest absolute Gasteiger partial charge is 0.481 e. The number of anilines is 1. The predicted octanol–water partition coefficient (Wildman–Crippen LogP) is 4.72. The van der Waals surface area contributed by atoms with Gasteiger partial charge in [0.2, 0.25) is 5.91 Å². The minimum absolute atomic E-state index is 0.327. The third-order valence-corrected chi connectivity index (χ3v) is 5.53. The summed E-state index contributed by atoms with van der Waals surface area (Å²) in [6.07, 6.45) is 4.41. The van der Waals surface area contributed by atoms with Crippen molar-refractivity contribution in [1.29, 1.82) is 0 Å². The first-order chi connectivity index (χ1) is 12.0. The molecule has 2 atom stereocenters. The number of thiazole rings is 1. The Bertz CT molecular complexity index is 850. The summed E-state index contributed by atoms with van der Waals surface area (Å²) in [7, 11) is 0. The molecular weight excluding hydrogens is 383 g/mol. The van der Waals surface area contributed by atoms with Crippen LogP contribution in [0.5, 0.6) is 0 Å². The number of halogens is 2. The van der Waals surface area contributed by atoms with Crippen LogP contribution in [0.4, 0.5) is 5.13 Å². The molecule has 0 radical (unpaired) electrons. The Morgan fingerprint density at radius 2 is 1.88 bits per heavy atom. The zero-order valence-electron chi connectivity index (χ0n) is 12.9. The fourth-order valence-corrected chi connectivity index (χ4v) is 3.71. The lowest BCUT2D eigenvalue weighted by Gasteiger charge is -2.23. The van der Waals surface area contributed by atoms with Crippen molar-refractivity contribution in [2.45, 2.75) is 12.8 Å². The van der Waals surface area contributed by atoms with Gasteiger partial charge < -0.3 is 10.4 Å². The number of nitrogens with one attached hydrogen (secondary N) is 1. The van der Waals surface area contributed by atoms with Crippen molar-refractivity contribution in [2.75, 3.05) is 5.32 Å². The molecule has 0 bridgehead atoms. The minimum atomic E-state index is -0.958. The van der Waals surface area contributed by atoms with E-state index >= 15 is 0 Å². The Kier molecular flexibility index (Phi) is 5.42. The molecule has 2 aromatic rings. The maximum atomic E-state index is 12.4. The number of hydrogen-bond acceptors (Lipinski definition) is 4. The average molecular weight is 397 g/mol. The first-order valence-electron chi connectivity index (χ1n) is 7.55. The van der Waals surface area contributed by atoms with Crippen LogP contribution in [0.3, 0.4) is 0 Å². The van der Waals surface area contributed by atoms with E-state index < -0.39 is 17.8 Å². The second-order valence-corrected chi connectivity index (χ2v) is 7.32. The molecule has 0 saturated carbocycles. The number of carboxylic acid groups (broad SMARTS) is 1. The third-order valence-electron chi connectivity index (χ3n) is 4.04. The van der Waals surface area contributed by atoms with Gasteiger partial charge in [-0.15, -0.1) is 11.3 Å². The van der Waals surface area contributed by atoms with Crippen LogP contribution in [-0.4, -0.2) is 22.0 Å². The lowest BCUT2D eigenvalue weighted by atomic mass is 9.82. The van der Waals surface area contributed by atoms with E-state index in [2.05, 4.69) is 10.3 Å². The Labute approximate surface area is 158 Å². The second-order valence-electron chi connectivity index (χ2n) is 5.65. The molecule has 1 aromatic carbocycles. The monoisotopic (exact) mass is 396 g/mol. The molecule has 1 heterocycles. The van der Waals surface area contributed by atoms with Crippen LogP contribution in [0.1, 0.15) is 12.8 Å². The number of allylic oxidation sites excluding steroid dienone is 2. The van der Waals surface area contributed by atoms with Gasteiger partial charge in [-0.05, 0) is 25.0 Å². The number of amides is 1. The van der Waals surface area contributed by atoms with Gasteiger partial charge in [0.25, 0.3) is 0 Å². The molecule has 3 rings (SSSR count). The molecule has 1 aliphatic rings. The normalized spacial score (nSPS) is 19.6. The molecule has 0 saturated heterocycles. The molecule has 0 aliphatic heterocycles. The van der Waals surface area contributed by atoms with Crippen LogP contribution >= 0.6 is 34.5 Å². The predicted molar refractivity (Wildman–Crippen MR) is 99.2 cm³/mol. The average Bonchev–Trinajstić information content (AvgIpc) is 3.05. The summed E-state index contributed by atoms with van der Waals surface area (Å²) in [5.41, 5.74) is 1.45. The summed E-state index contributed by atoms with van der Waals surface area (Å²) >= 11 is 13.2. The van der Waals surface area contributed by atoms with Crippen LogP contribution in [0.25, 0.3) is 11.3 Å². The molecule has 1 aliphatic carbocycles. The van der Waals surface area contributed by atoms with E-state index in [0.29, 0.717) is 33.7 Å². The van der Waals surface area contributed by atoms with E-state index in [1.165, 1.54) is 11.3 Å². The molecular formula is C17H14Cl2N2O3S. The standard InChI is InChI=1S/C17H14Cl2N2O3S/c18-12-6-5-9(7-13(12)19)14-8-25-17(20-14)21-15(22)10-3-1-2-4-11(10)16(23)24/h1-2,5-8,10-11H,3-4H2,(H,23,24)(H,20,21,22). The highest BCUT2D eigenvalue weighted by Crippen LogP contribution is 2.32. The molecule has 0 spiro atoms. The second kappa shape index (κ2) is 7.56. The zero-order chi connectivity index (χ0) is 18.0. The van der Waals surface area contributed by atoms with Crippen molar-refractivity contribution < 1.29 is 14.7 Å². The van der Waals surface area contributed by atoms with Gasteiger partial charge >= 0.3 is 5.97 Å².